The van der Waals surface area contributed by atoms with E-state index < -0.39 is 24.2 Å². The third-order valence-corrected chi connectivity index (χ3v) is 5.09. The van der Waals surface area contributed by atoms with Crippen LogP contribution in [0.5, 0.6) is 0 Å². The van der Waals surface area contributed by atoms with E-state index in [1.54, 1.807) is 19.2 Å². The van der Waals surface area contributed by atoms with Gasteiger partial charge in [0.05, 0.1) is 37.5 Å². The van der Waals surface area contributed by atoms with Crippen molar-refractivity contribution in [2.24, 2.45) is 15.7 Å². The van der Waals surface area contributed by atoms with E-state index >= 15 is 0 Å². The van der Waals surface area contributed by atoms with Gasteiger partial charge in [-0.05, 0) is 32.3 Å². The van der Waals surface area contributed by atoms with E-state index in [0.717, 1.165) is 25.7 Å². The average molecular weight is 453 g/mol. The van der Waals surface area contributed by atoms with Gasteiger partial charge in [-0.25, -0.2) is 14.8 Å². The lowest BCUT2D eigenvalue weighted by molar-refractivity contribution is -0.139. The molecule has 9 heteroatoms. The molecule has 0 radical (unpaired) electrons. The predicted octanol–water partition coefficient (Wildman–Crippen LogP) is 2.53. The van der Waals surface area contributed by atoms with Crippen LogP contribution in [0, 0.1) is 0 Å². The summed E-state index contributed by atoms with van der Waals surface area (Å²) in [5, 5.41) is 2.92. The number of nitrogens with two attached hydrogens (primary N) is 1. The minimum Gasteiger partial charge on any atom is -0.463 e. The second-order valence-electron chi connectivity index (χ2n) is 7.68. The first kappa shape index (κ1) is 27.8. The van der Waals surface area contributed by atoms with Crippen molar-refractivity contribution in [2.45, 2.75) is 91.0 Å². The summed E-state index contributed by atoms with van der Waals surface area (Å²) in [6.07, 6.45) is 6.66. The van der Waals surface area contributed by atoms with Crippen molar-refractivity contribution in [1.82, 2.24) is 5.32 Å². The van der Waals surface area contributed by atoms with Crippen LogP contribution in [-0.2, 0) is 23.8 Å². The number of hydrogen-bond acceptors (Lipinski definition) is 6. The van der Waals surface area contributed by atoms with Crippen LogP contribution < -0.4 is 11.1 Å². The molecular weight excluding hydrogens is 412 g/mol. The Bertz CT molecular complexity index is 673. The zero-order chi connectivity index (χ0) is 23.9. The molecule has 3 N–H and O–H groups in total. The maximum atomic E-state index is 12.5. The van der Waals surface area contributed by atoms with Crippen molar-refractivity contribution in [3.8, 4) is 0 Å². The largest absolute Gasteiger partial charge is 0.463 e. The van der Waals surface area contributed by atoms with E-state index in [-0.39, 0.29) is 31.0 Å². The maximum absolute atomic E-state index is 12.5. The zero-order valence-corrected chi connectivity index (χ0v) is 20.1. The highest BCUT2D eigenvalue weighted by molar-refractivity contribution is 5.90. The molecule has 1 amide bonds. The summed E-state index contributed by atoms with van der Waals surface area (Å²) in [7, 11) is 0. The Kier molecular flexibility index (Phi) is 13.5. The fourth-order valence-electron chi connectivity index (χ4n) is 3.40. The normalized spacial score (nSPS) is 21.6. The highest BCUT2D eigenvalue weighted by atomic mass is 16.5. The first-order chi connectivity index (χ1) is 15.4. The van der Waals surface area contributed by atoms with Crippen molar-refractivity contribution in [1.29, 1.82) is 0 Å². The minimum absolute atomic E-state index is 0.0191. The quantitative estimate of drug-likeness (QED) is 0.191. The van der Waals surface area contributed by atoms with Crippen molar-refractivity contribution < 1.29 is 23.8 Å². The summed E-state index contributed by atoms with van der Waals surface area (Å²) < 4.78 is 16.9. The number of nitrogens with zero attached hydrogens (tertiary/aromatic N) is 2. The number of carbonyl (C=O) groups is 2. The topological polar surface area (TPSA) is 125 Å². The standard InChI is InChI=1S/C23H40N4O5/c1-6-10-12-30-13-11-25-23(24)27-19-14-17(22(29)31-9-4)15-20(21(19)26-16(5)28)32-18(7-2)8-3/h11,15,18-21H,6-10,12-14H2,1-5H3,(H2,24,27)(H,26,28). The number of rotatable bonds is 13. The van der Waals surface area contributed by atoms with Crippen LogP contribution in [0.3, 0.4) is 0 Å². The summed E-state index contributed by atoms with van der Waals surface area (Å²) in [4.78, 5) is 33.0. The van der Waals surface area contributed by atoms with Crippen LogP contribution >= 0.6 is 0 Å². The van der Waals surface area contributed by atoms with Crippen LogP contribution in [-0.4, -0.2) is 68.2 Å². The summed E-state index contributed by atoms with van der Waals surface area (Å²) in [6.45, 7) is 10.6. The van der Waals surface area contributed by atoms with Crippen LogP contribution in [0.2, 0.25) is 0 Å². The number of esters is 1. The molecule has 3 atom stereocenters. The number of ether oxygens (including phenoxy) is 3. The van der Waals surface area contributed by atoms with Gasteiger partial charge in [-0.15, -0.1) is 0 Å². The predicted molar refractivity (Wildman–Crippen MR) is 126 cm³/mol. The van der Waals surface area contributed by atoms with Gasteiger partial charge in [-0.1, -0.05) is 27.2 Å². The number of amides is 1. The van der Waals surface area contributed by atoms with Gasteiger partial charge in [0.25, 0.3) is 0 Å². The molecule has 182 valence electrons. The molecule has 0 spiro atoms. The Labute approximate surface area is 191 Å². The van der Waals surface area contributed by atoms with Gasteiger partial charge in [0.2, 0.25) is 11.9 Å². The molecule has 0 aromatic heterocycles. The number of carbonyl (C=O) groups excluding carboxylic acids is 2. The second-order valence-corrected chi connectivity index (χ2v) is 7.68. The van der Waals surface area contributed by atoms with Crippen LogP contribution in [0.1, 0.15) is 66.7 Å². The monoisotopic (exact) mass is 452 g/mol. The van der Waals surface area contributed by atoms with Crippen molar-refractivity contribution in [3.63, 3.8) is 0 Å². The van der Waals surface area contributed by atoms with Crippen molar-refractivity contribution >= 4 is 24.1 Å². The van der Waals surface area contributed by atoms with Crippen molar-refractivity contribution in [3.05, 3.63) is 11.6 Å². The molecule has 0 heterocycles. The Morgan fingerprint density at radius 3 is 2.59 bits per heavy atom. The van der Waals surface area contributed by atoms with Gasteiger partial charge in [-0.3, -0.25) is 4.79 Å². The van der Waals surface area contributed by atoms with E-state index in [1.165, 1.54) is 6.92 Å². The highest BCUT2D eigenvalue weighted by Crippen LogP contribution is 2.27. The lowest BCUT2D eigenvalue weighted by Crippen LogP contribution is -2.53. The summed E-state index contributed by atoms with van der Waals surface area (Å²) >= 11 is 0. The van der Waals surface area contributed by atoms with E-state index in [9.17, 15) is 9.59 Å². The number of nitrogens with one attached hydrogen (secondary N) is 1. The molecule has 1 rings (SSSR count). The Hall–Kier alpha value is -2.26. The van der Waals surface area contributed by atoms with Gasteiger partial charge < -0.3 is 25.3 Å². The molecule has 1 aliphatic rings. The van der Waals surface area contributed by atoms with Crippen LogP contribution in [0.4, 0.5) is 0 Å². The molecule has 3 unspecified atom stereocenters. The number of guanidine groups is 1. The molecule has 0 aromatic carbocycles. The third kappa shape index (κ3) is 9.91. The smallest absolute Gasteiger partial charge is 0.333 e. The SMILES string of the molecule is CCCCOCC=NC(N)=NC1CC(C(=O)OCC)=CC(OC(CC)CC)C1NC(C)=O. The van der Waals surface area contributed by atoms with E-state index in [1.807, 2.05) is 13.8 Å². The lowest BCUT2D eigenvalue weighted by atomic mass is 9.88. The van der Waals surface area contributed by atoms with Gasteiger partial charge >= 0.3 is 5.97 Å². The molecule has 0 fully saturated rings. The lowest BCUT2D eigenvalue weighted by Gasteiger charge is -2.36. The third-order valence-electron chi connectivity index (χ3n) is 5.09. The van der Waals surface area contributed by atoms with Gasteiger partial charge in [0.15, 0.2) is 0 Å². The first-order valence-corrected chi connectivity index (χ1v) is 11.6. The minimum atomic E-state index is -0.542. The van der Waals surface area contributed by atoms with Crippen molar-refractivity contribution in [2.75, 3.05) is 19.8 Å². The molecular formula is C23H40N4O5. The number of hydrogen-bond donors (Lipinski definition) is 2. The Balaban J connectivity index is 3.12. The van der Waals surface area contributed by atoms with Crippen LogP contribution in [0.15, 0.2) is 21.6 Å². The maximum Gasteiger partial charge on any atom is 0.333 e. The molecule has 0 aliphatic heterocycles. The summed E-state index contributed by atoms with van der Waals surface area (Å²) in [5.41, 5.74) is 6.48. The molecule has 0 bridgehead atoms. The fraction of sp³-hybridized carbons (Fsp3) is 0.739. The molecule has 32 heavy (non-hydrogen) atoms. The highest BCUT2D eigenvalue weighted by Gasteiger charge is 2.38. The van der Waals surface area contributed by atoms with E-state index in [0.29, 0.717) is 18.8 Å². The number of aliphatic imine (C=N–C) groups is 2. The molecule has 0 aromatic rings. The van der Waals surface area contributed by atoms with E-state index in [2.05, 4.69) is 22.2 Å². The molecule has 1 aliphatic carbocycles. The molecule has 9 nitrogen and oxygen atoms in total. The van der Waals surface area contributed by atoms with Gasteiger partial charge in [-0.2, -0.15) is 0 Å². The average Bonchev–Trinajstić information content (AvgIpc) is 2.76. The molecule has 0 saturated carbocycles. The van der Waals surface area contributed by atoms with E-state index in [4.69, 9.17) is 19.9 Å². The van der Waals surface area contributed by atoms with Gasteiger partial charge in [0.1, 0.15) is 0 Å². The Morgan fingerprint density at radius 1 is 1.28 bits per heavy atom. The fourth-order valence-corrected chi connectivity index (χ4v) is 3.40. The van der Waals surface area contributed by atoms with Crippen LogP contribution in [0.25, 0.3) is 0 Å². The Morgan fingerprint density at radius 2 is 2.00 bits per heavy atom. The summed E-state index contributed by atoms with van der Waals surface area (Å²) in [6, 6.07) is -1.01. The second kappa shape index (κ2) is 15.5. The zero-order valence-electron chi connectivity index (χ0n) is 20.1. The first-order valence-electron chi connectivity index (χ1n) is 11.6. The molecule has 0 saturated heterocycles. The number of unbranched alkanes of at least 4 members (excludes halogenated alkanes) is 1. The van der Waals surface area contributed by atoms with Gasteiger partial charge in [0, 0.05) is 31.7 Å². The summed E-state index contributed by atoms with van der Waals surface area (Å²) in [5.74, 6) is -0.581.